The molecule has 1 aliphatic rings. The highest BCUT2D eigenvalue weighted by atomic mass is 19.1. The third-order valence-electron chi connectivity index (χ3n) is 2.37. The van der Waals surface area contributed by atoms with E-state index in [4.69, 9.17) is 5.73 Å². The van der Waals surface area contributed by atoms with E-state index in [1.54, 1.807) is 0 Å². The van der Waals surface area contributed by atoms with Crippen molar-refractivity contribution < 1.29 is 4.39 Å². The maximum Gasteiger partial charge on any atom is 0.116 e. The molecule has 0 aromatic heterocycles. The third kappa shape index (κ3) is 1.69. The predicted octanol–water partition coefficient (Wildman–Crippen LogP) is 1.86. The molecule has 0 radical (unpaired) electrons. The second-order valence-corrected chi connectivity index (χ2v) is 4.09. The van der Waals surface area contributed by atoms with Gasteiger partial charge >= 0.3 is 0 Å². The molecule has 0 saturated heterocycles. The molecule has 2 N–H and O–H groups in total. The molecule has 0 aliphatic heterocycles. The number of nitrogens with two attached hydrogens (primary N) is 1. The minimum atomic E-state index is -0.774. The van der Waals surface area contributed by atoms with Crippen LogP contribution in [0.2, 0.25) is 0 Å². The van der Waals surface area contributed by atoms with Crippen molar-refractivity contribution in [1.82, 2.24) is 0 Å². The molecule has 1 rings (SSSR count). The summed E-state index contributed by atoms with van der Waals surface area (Å²) in [5.74, 6) is 0. The molecule has 2 heteroatoms. The van der Waals surface area contributed by atoms with Gasteiger partial charge in [-0.05, 0) is 24.7 Å². The van der Waals surface area contributed by atoms with Crippen LogP contribution in [-0.2, 0) is 0 Å². The largest absolute Gasteiger partial charge is 0.325 e. The van der Waals surface area contributed by atoms with Crippen LogP contribution in [0.25, 0.3) is 0 Å². The van der Waals surface area contributed by atoms with Gasteiger partial charge < -0.3 is 5.73 Å². The minimum absolute atomic E-state index is 0.176. The Hall–Kier alpha value is -0.110. The topological polar surface area (TPSA) is 26.0 Å². The molecular weight excluding hydrogens is 129 g/mol. The van der Waals surface area contributed by atoms with Gasteiger partial charge in [0.1, 0.15) is 6.17 Å². The van der Waals surface area contributed by atoms with Crippen molar-refractivity contribution in [2.45, 2.75) is 45.3 Å². The molecule has 1 nitrogen and oxygen atoms in total. The fourth-order valence-corrected chi connectivity index (χ4v) is 1.52. The van der Waals surface area contributed by atoms with Gasteiger partial charge in [-0.25, -0.2) is 4.39 Å². The van der Waals surface area contributed by atoms with Crippen LogP contribution in [0, 0.1) is 5.41 Å². The van der Waals surface area contributed by atoms with Crippen LogP contribution < -0.4 is 5.73 Å². The highest BCUT2D eigenvalue weighted by Gasteiger charge is 2.32. The highest BCUT2D eigenvalue weighted by molar-refractivity contribution is 4.86. The maximum absolute atomic E-state index is 12.9. The molecule has 0 aromatic rings. The molecule has 60 valence electrons. The van der Waals surface area contributed by atoms with E-state index in [0.717, 1.165) is 12.8 Å². The van der Waals surface area contributed by atoms with E-state index >= 15 is 0 Å². The first-order valence-corrected chi connectivity index (χ1v) is 3.91. The molecule has 0 heterocycles. The van der Waals surface area contributed by atoms with Crippen LogP contribution in [0.5, 0.6) is 0 Å². The first-order chi connectivity index (χ1) is 4.51. The lowest BCUT2D eigenvalue weighted by atomic mass is 9.75. The van der Waals surface area contributed by atoms with Crippen LogP contribution in [0.3, 0.4) is 0 Å². The van der Waals surface area contributed by atoms with Gasteiger partial charge in [-0.2, -0.15) is 0 Å². The van der Waals surface area contributed by atoms with E-state index in [0.29, 0.717) is 6.42 Å². The average Bonchev–Trinajstić information content (AvgIpc) is 1.79. The zero-order valence-corrected chi connectivity index (χ0v) is 6.73. The Bertz CT molecular complexity index is 122. The standard InChI is InChI=1S/C8H16FN/c1-8(2)4-3-7(10)6(9)5-8/h6-7H,3-5,10H2,1-2H3/t6-,7-/m0/s1. The summed E-state index contributed by atoms with van der Waals surface area (Å²) >= 11 is 0. The van der Waals surface area contributed by atoms with Gasteiger partial charge in [-0.1, -0.05) is 13.8 Å². The van der Waals surface area contributed by atoms with Gasteiger partial charge in [0, 0.05) is 6.04 Å². The lowest BCUT2D eigenvalue weighted by Crippen LogP contribution is -2.40. The first-order valence-electron chi connectivity index (χ1n) is 3.91. The SMILES string of the molecule is CC1(C)CC[C@H](N)[C@@H](F)C1. The summed E-state index contributed by atoms with van der Waals surface area (Å²) < 4.78 is 12.9. The van der Waals surface area contributed by atoms with Gasteiger partial charge in [0.15, 0.2) is 0 Å². The Kier molecular flexibility index (Phi) is 1.99. The van der Waals surface area contributed by atoms with Gasteiger partial charge in [0.25, 0.3) is 0 Å². The maximum atomic E-state index is 12.9. The molecule has 10 heavy (non-hydrogen) atoms. The molecule has 0 spiro atoms. The van der Waals surface area contributed by atoms with E-state index in [1.807, 2.05) is 0 Å². The Labute approximate surface area is 61.8 Å². The number of hydrogen-bond donors (Lipinski definition) is 1. The van der Waals surface area contributed by atoms with Gasteiger partial charge in [0.05, 0.1) is 0 Å². The molecule has 1 fully saturated rings. The fourth-order valence-electron chi connectivity index (χ4n) is 1.52. The van der Waals surface area contributed by atoms with Crippen LogP contribution >= 0.6 is 0 Å². The summed E-state index contributed by atoms with van der Waals surface area (Å²) in [4.78, 5) is 0. The summed E-state index contributed by atoms with van der Waals surface area (Å²) in [6.45, 7) is 4.21. The Morgan fingerprint density at radius 3 is 2.50 bits per heavy atom. The minimum Gasteiger partial charge on any atom is -0.325 e. The highest BCUT2D eigenvalue weighted by Crippen LogP contribution is 2.35. The smallest absolute Gasteiger partial charge is 0.116 e. The van der Waals surface area contributed by atoms with E-state index < -0.39 is 6.17 Å². The van der Waals surface area contributed by atoms with Crippen molar-refractivity contribution in [2.75, 3.05) is 0 Å². The van der Waals surface area contributed by atoms with Gasteiger partial charge in [-0.3, -0.25) is 0 Å². The molecule has 0 bridgehead atoms. The number of hydrogen-bond acceptors (Lipinski definition) is 1. The zero-order valence-electron chi connectivity index (χ0n) is 6.73. The quantitative estimate of drug-likeness (QED) is 0.553. The molecule has 1 aliphatic carbocycles. The van der Waals surface area contributed by atoms with E-state index in [1.165, 1.54) is 0 Å². The number of alkyl halides is 1. The average molecular weight is 145 g/mol. The third-order valence-corrected chi connectivity index (χ3v) is 2.37. The number of halogens is 1. The van der Waals surface area contributed by atoms with E-state index in [9.17, 15) is 4.39 Å². The summed E-state index contributed by atoms with van der Waals surface area (Å²) in [6, 6.07) is -0.201. The molecule has 0 amide bonds. The molecular formula is C8H16FN. The van der Waals surface area contributed by atoms with Crippen molar-refractivity contribution >= 4 is 0 Å². The number of rotatable bonds is 0. The van der Waals surface area contributed by atoms with Crippen molar-refractivity contribution in [3.05, 3.63) is 0 Å². The van der Waals surface area contributed by atoms with Crippen LogP contribution in [0.1, 0.15) is 33.1 Å². The molecule has 2 atom stereocenters. The zero-order chi connectivity index (χ0) is 7.78. The van der Waals surface area contributed by atoms with Crippen LogP contribution in [0.4, 0.5) is 4.39 Å². The van der Waals surface area contributed by atoms with Gasteiger partial charge in [0.2, 0.25) is 0 Å². The van der Waals surface area contributed by atoms with Crippen LogP contribution in [-0.4, -0.2) is 12.2 Å². The predicted molar refractivity (Wildman–Crippen MR) is 40.5 cm³/mol. The fraction of sp³-hybridized carbons (Fsp3) is 1.00. The van der Waals surface area contributed by atoms with Crippen molar-refractivity contribution in [3.63, 3.8) is 0 Å². The summed E-state index contributed by atoms with van der Waals surface area (Å²) in [5.41, 5.74) is 5.70. The van der Waals surface area contributed by atoms with E-state index in [-0.39, 0.29) is 11.5 Å². The van der Waals surface area contributed by atoms with Crippen molar-refractivity contribution in [2.24, 2.45) is 11.1 Å². The Morgan fingerprint density at radius 1 is 1.50 bits per heavy atom. The summed E-state index contributed by atoms with van der Waals surface area (Å²) in [5, 5.41) is 0. The molecule has 0 aromatic carbocycles. The summed E-state index contributed by atoms with van der Waals surface area (Å²) in [6.07, 6.45) is 1.76. The first kappa shape index (κ1) is 7.99. The Morgan fingerprint density at radius 2 is 2.10 bits per heavy atom. The molecule has 1 saturated carbocycles. The lowest BCUT2D eigenvalue weighted by molar-refractivity contribution is 0.118. The Balaban J connectivity index is 2.49. The molecule has 0 unspecified atom stereocenters. The normalized spacial score (nSPS) is 39.6. The van der Waals surface area contributed by atoms with Crippen molar-refractivity contribution in [3.8, 4) is 0 Å². The lowest BCUT2D eigenvalue weighted by Gasteiger charge is -2.35. The second kappa shape index (κ2) is 2.50. The van der Waals surface area contributed by atoms with E-state index in [2.05, 4.69) is 13.8 Å². The van der Waals surface area contributed by atoms with Crippen LogP contribution in [0.15, 0.2) is 0 Å². The second-order valence-electron chi connectivity index (χ2n) is 4.09. The van der Waals surface area contributed by atoms with Crippen molar-refractivity contribution in [1.29, 1.82) is 0 Å². The van der Waals surface area contributed by atoms with Gasteiger partial charge in [-0.15, -0.1) is 0 Å². The monoisotopic (exact) mass is 145 g/mol. The summed E-state index contributed by atoms with van der Waals surface area (Å²) in [7, 11) is 0.